The lowest BCUT2D eigenvalue weighted by Crippen LogP contribution is -2.30. The SMILES string of the molecule is CCN(CC)S(=O)(=O)c1ccc(O)c(NC(=O)CC2C=CCC2)c1. The average Bonchev–Trinajstić information content (AvgIpc) is 3.03. The van der Waals surface area contributed by atoms with Crippen molar-refractivity contribution < 1.29 is 18.3 Å². The molecule has 0 bridgehead atoms. The number of sulfonamides is 1. The zero-order valence-electron chi connectivity index (χ0n) is 14.0. The van der Waals surface area contributed by atoms with Crippen molar-refractivity contribution in [2.24, 2.45) is 5.92 Å². The normalized spacial score (nSPS) is 17.4. The first-order chi connectivity index (χ1) is 11.4. The number of rotatable bonds is 7. The summed E-state index contributed by atoms with van der Waals surface area (Å²) in [6, 6.07) is 3.95. The highest BCUT2D eigenvalue weighted by Crippen LogP contribution is 2.29. The van der Waals surface area contributed by atoms with Gasteiger partial charge in [0, 0.05) is 19.5 Å². The number of nitrogens with one attached hydrogen (secondary N) is 1. The van der Waals surface area contributed by atoms with E-state index in [1.807, 2.05) is 12.2 Å². The van der Waals surface area contributed by atoms with Crippen LogP contribution in [0.2, 0.25) is 0 Å². The van der Waals surface area contributed by atoms with Crippen molar-refractivity contribution in [3.8, 4) is 5.75 Å². The van der Waals surface area contributed by atoms with Gasteiger partial charge in [-0.3, -0.25) is 4.79 Å². The second kappa shape index (κ2) is 7.81. The van der Waals surface area contributed by atoms with E-state index >= 15 is 0 Å². The first-order valence-electron chi connectivity index (χ1n) is 8.18. The third-order valence-electron chi connectivity index (χ3n) is 4.15. The predicted octanol–water partition coefficient (Wildman–Crippen LogP) is 2.72. The van der Waals surface area contributed by atoms with E-state index in [1.165, 1.54) is 22.5 Å². The van der Waals surface area contributed by atoms with Crippen LogP contribution in [-0.2, 0) is 14.8 Å². The van der Waals surface area contributed by atoms with Gasteiger partial charge in [-0.25, -0.2) is 8.42 Å². The molecular weight excluding hydrogens is 328 g/mol. The van der Waals surface area contributed by atoms with Crippen LogP contribution in [0.25, 0.3) is 0 Å². The number of amides is 1. The maximum atomic E-state index is 12.5. The van der Waals surface area contributed by atoms with Gasteiger partial charge >= 0.3 is 0 Å². The van der Waals surface area contributed by atoms with Crippen molar-refractivity contribution in [3.63, 3.8) is 0 Å². The van der Waals surface area contributed by atoms with Gasteiger partial charge in [0.15, 0.2) is 0 Å². The van der Waals surface area contributed by atoms with Crippen molar-refractivity contribution in [1.82, 2.24) is 4.31 Å². The van der Waals surface area contributed by atoms with E-state index in [2.05, 4.69) is 5.32 Å². The van der Waals surface area contributed by atoms with Crippen LogP contribution in [0.3, 0.4) is 0 Å². The fourth-order valence-electron chi connectivity index (χ4n) is 2.79. The van der Waals surface area contributed by atoms with Gasteiger partial charge in [-0.15, -0.1) is 0 Å². The highest BCUT2D eigenvalue weighted by Gasteiger charge is 2.23. The molecule has 0 saturated heterocycles. The van der Waals surface area contributed by atoms with E-state index < -0.39 is 10.0 Å². The number of nitrogens with zero attached hydrogens (tertiary/aromatic N) is 1. The van der Waals surface area contributed by atoms with E-state index in [0.29, 0.717) is 19.5 Å². The van der Waals surface area contributed by atoms with Crippen LogP contribution < -0.4 is 5.32 Å². The van der Waals surface area contributed by atoms with Gasteiger partial charge in [0.25, 0.3) is 0 Å². The predicted molar refractivity (Wildman–Crippen MR) is 93.3 cm³/mol. The monoisotopic (exact) mass is 352 g/mol. The standard InChI is InChI=1S/C17H24N2O4S/c1-3-19(4-2)24(22,23)14-9-10-16(20)15(12-14)18-17(21)11-13-7-5-6-8-13/h5,7,9-10,12-13,20H,3-4,6,8,11H2,1-2H3,(H,18,21). The summed E-state index contributed by atoms with van der Waals surface area (Å²) < 4.78 is 26.4. The van der Waals surface area contributed by atoms with Crippen LogP contribution in [0.15, 0.2) is 35.2 Å². The summed E-state index contributed by atoms with van der Waals surface area (Å²) in [6.45, 7) is 4.24. The number of carbonyl (C=O) groups excluding carboxylic acids is 1. The fraction of sp³-hybridized carbons (Fsp3) is 0.471. The number of benzene rings is 1. The average molecular weight is 352 g/mol. The number of anilines is 1. The Morgan fingerprint density at radius 2 is 2.04 bits per heavy atom. The number of phenols is 1. The summed E-state index contributed by atoms with van der Waals surface area (Å²) >= 11 is 0. The smallest absolute Gasteiger partial charge is 0.243 e. The first-order valence-corrected chi connectivity index (χ1v) is 9.62. The van der Waals surface area contributed by atoms with Crippen LogP contribution in [0.4, 0.5) is 5.69 Å². The van der Waals surface area contributed by atoms with Crippen molar-refractivity contribution in [1.29, 1.82) is 0 Å². The Labute approximate surface area is 143 Å². The summed E-state index contributed by atoms with van der Waals surface area (Å²) in [6.07, 6.45) is 6.30. The molecule has 1 aromatic carbocycles. The van der Waals surface area contributed by atoms with Gasteiger partial charge < -0.3 is 10.4 Å². The molecule has 0 spiro atoms. The number of hydrogen-bond donors (Lipinski definition) is 2. The highest BCUT2D eigenvalue weighted by atomic mass is 32.2. The van der Waals surface area contributed by atoms with Crippen LogP contribution in [0.5, 0.6) is 5.75 Å². The molecule has 0 fully saturated rings. The molecule has 0 heterocycles. The van der Waals surface area contributed by atoms with Crippen molar-refractivity contribution in [2.45, 2.75) is 38.0 Å². The highest BCUT2D eigenvalue weighted by molar-refractivity contribution is 7.89. The molecule has 1 aliphatic rings. The van der Waals surface area contributed by atoms with Gasteiger partial charge in [0.05, 0.1) is 10.6 Å². The number of aromatic hydroxyl groups is 1. The summed E-state index contributed by atoms with van der Waals surface area (Å²) in [5.41, 5.74) is 0.121. The Morgan fingerprint density at radius 3 is 2.62 bits per heavy atom. The summed E-state index contributed by atoms with van der Waals surface area (Å²) in [5.74, 6) is -0.183. The van der Waals surface area contributed by atoms with Crippen molar-refractivity contribution in [2.75, 3.05) is 18.4 Å². The molecule has 1 aliphatic carbocycles. The molecule has 1 aromatic rings. The van der Waals surface area contributed by atoms with E-state index in [0.717, 1.165) is 12.8 Å². The minimum absolute atomic E-state index is 0.0556. The maximum Gasteiger partial charge on any atom is 0.243 e. The molecule has 1 atom stereocenters. The Balaban J connectivity index is 2.19. The number of carbonyl (C=O) groups is 1. The second-order valence-corrected chi connectivity index (χ2v) is 7.72. The summed E-state index contributed by atoms with van der Waals surface area (Å²) in [4.78, 5) is 12.2. The molecule has 132 valence electrons. The lowest BCUT2D eigenvalue weighted by Gasteiger charge is -2.19. The number of hydrogen-bond acceptors (Lipinski definition) is 4. The Morgan fingerprint density at radius 1 is 1.33 bits per heavy atom. The molecule has 1 unspecified atom stereocenters. The zero-order chi connectivity index (χ0) is 17.7. The van der Waals surface area contributed by atoms with Crippen LogP contribution in [-0.4, -0.2) is 36.8 Å². The molecule has 0 saturated carbocycles. The Bertz CT molecular complexity index is 724. The van der Waals surface area contributed by atoms with Gasteiger partial charge in [0.1, 0.15) is 5.75 Å². The second-order valence-electron chi connectivity index (χ2n) is 5.79. The molecule has 0 aromatic heterocycles. The third kappa shape index (κ3) is 4.15. The molecule has 2 N–H and O–H groups in total. The van der Waals surface area contributed by atoms with Crippen molar-refractivity contribution in [3.05, 3.63) is 30.4 Å². The summed E-state index contributed by atoms with van der Waals surface area (Å²) in [7, 11) is -3.64. The zero-order valence-corrected chi connectivity index (χ0v) is 14.8. The molecule has 0 radical (unpaired) electrons. The topological polar surface area (TPSA) is 86.7 Å². The van der Waals surface area contributed by atoms with Crippen LogP contribution in [0, 0.1) is 5.92 Å². The molecular formula is C17H24N2O4S. The number of phenolic OH excluding ortho intramolecular Hbond substituents is 1. The third-order valence-corrected chi connectivity index (χ3v) is 6.19. The summed E-state index contributed by atoms with van der Waals surface area (Å²) in [5, 5.41) is 12.5. The van der Waals surface area contributed by atoms with Gasteiger partial charge in [-0.2, -0.15) is 4.31 Å². The molecule has 2 rings (SSSR count). The maximum absolute atomic E-state index is 12.5. The minimum atomic E-state index is -3.64. The van der Waals surface area contributed by atoms with Crippen LogP contribution in [0.1, 0.15) is 33.1 Å². The molecule has 7 heteroatoms. The Kier molecular flexibility index (Phi) is 6.01. The molecule has 24 heavy (non-hydrogen) atoms. The van der Waals surface area contributed by atoms with Crippen molar-refractivity contribution >= 4 is 21.6 Å². The molecule has 1 amide bonds. The number of allylic oxidation sites excluding steroid dienone is 2. The van der Waals surface area contributed by atoms with Gasteiger partial charge in [-0.1, -0.05) is 26.0 Å². The van der Waals surface area contributed by atoms with Crippen LogP contribution >= 0.6 is 0 Å². The van der Waals surface area contributed by atoms with E-state index in [4.69, 9.17) is 0 Å². The first kappa shape index (κ1) is 18.5. The molecule has 0 aliphatic heterocycles. The largest absolute Gasteiger partial charge is 0.506 e. The van der Waals surface area contributed by atoms with E-state index in [1.54, 1.807) is 13.8 Å². The quantitative estimate of drug-likeness (QED) is 0.583. The fourth-order valence-corrected chi connectivity index (χ4v) is 4.28. The lowest BCUT2D eigenvalue weighted by molar-refractivity contribution is -0.116. The van der Waals surface area contributed by atoms with Gasteiger partial charge in [0.2, 0.25) is 15.9 Å². The van der Waals surface area contributed by atoms with Gasteiger partial charge in [-0.05, 0) is 37.0 Å². The van der Waals surface area contributed by atoms with E-state index in [-0.39, 0.29) is 28.2 Å². The minimum Gasteiger partial charge on any atom is -0.506 e. The lowest BCUT2D eigenvalue weighted by atomic mass is 10.1. The Hall–Kier alpha value is -1.86. The van der Waals surface area contributed by atoms with E-state index in [9.17, 15) is 18.3 Å². The molecule has 6 nitrogen and oxygen atoms in total.